The molecule has 0 bridgehead atoms. The van der Waals surface area contributed by atoms with Crippen molar-refractivity contribution in [3.63, 3.8) is 0 Å². The van der Waals surface area contributed by atoms with Gasteiger partial charge in [0.05, 0.1) is 18.2 Å². The molecular formula is C26H27FN4O5S. The summed E-state index contributed by atoms with van der Waals surface area (Å²) in [6, 6.07) is 17.2. The van der Waals surface area contributed by atoms with Gasteiger partial charge in [-0.05, 0) is 85.1 Å². The molecule has 0 saturated carbocycles. The van der Waals surface area contributed by atoms with Crippen LogP contribution in [0.2, 0.25) is 0 Å². The van der Waals surface area contributed by atoms with E-state index in [-0.39, 0.29) is 6.61 Å². The predicted octanol–water partition coefficient (Wildman–Crippen LogP) is 3.38. The lowest BCUT2D eigenvalue weighted by molar-refractivity contribution is -0.119. The number of carbonyl (C=O) groups excluding carboxylic acids is 2. The average Bonchev–Trinajstić information content (AvgIpc) is 2.85. The molecule has 0 saturated heterocycles. The van der Waals surface area contributed by atoms with Crippen LogP contribution in [-0.2, 0) is 19.6 Å². The highest BCUT2D eigenvalue weighted by atomic mass is 32.2. The third-order valence-electron chi connectivity index (χ3n) is 5.31. The molecule has 0 atom stereocenters. The number of aryl methyl sites for hydroxylation is 1. The van der Waals surface area contributed by atoms with Crippen LogP contribution in [-0.4, -0.2) is 45.9 Å². The summed E-state index contributed by atoms with van der Waals surface area (Å²) in [5.41, 5.74) is 5.53. The van der Waals surface area contributed by atoms with Gasteiger partial charge in [-0.2, -0.15) is 5.10 Å². The second-order valence-electron chi connectivity index (χ2n) is 8.19. The van der Waals surface area contributed by atoms with Gasteiger partial charge in [0.1, 0.15) is 18.1 Å². The first-order chi connectivity index (χ1) is 17.5. The van der Waals surface area contributed by atoms with E-state index in [0.717, 1.165) is 21.7 Å². The van der Waals surface area contributed by atoms with Crippen molar-refractivity contribution in [2.24, 2.45) is 5.10 Å². The smallest absolute Gasteiger partial charge is 0.262 e. The summed E-state index contributed by atoms with van der Waals surface area (Å²) >= 11 is 0. The van der Waals surface area contributed by atoms with Gasteiger partial charge in [-0.1, -0.05) is 12.1 Å². The molecule has 0 aliphatic heterocycles. The first-order valence-electron chi connectivity index (χ1n) is 11.2. The Morgan fingerprint density at radius 3 is 2.32 bits per heavy atom. The van der Waals surface area contributed by atoms with E-state index in [1.54, 1.807) is 43.3 Å². The molecule has 3 rings (SSSR count). The van der Waals surface area contributed by atoms with Crippen molar-refractivity contribution < 1.29 is 27.1 Å². The second-order valence-corrected chi connectivity index (χ2v) is 10.1. The first kappa shape index (κ1) is 27.3. The number of hydrazone groups is 1. The van der Waals surface area contributed by atoms with Crippen LogP contribution in [0.3, 0.4) is 0 Å². The van der Waals surface area contributed by atoms with Crippen LogP contribution in [0.1, 0.15) is 16.7 Å². The Balaban J connectivity index is 1.51. The monoisotopic (exact) mass is 526 g/mol. The largest absolute Gasteiger partial charge is 0.484 e. The molecule has 0 aliphatic rings. The Morgan fingerprint density at radius 2 is 1.68 bits per heavy atom. The minimum Gasteiger partial charge on any atom is -0.484 e. The summed E-state index contributed by atoms with van der Waals surface area (Å²) < 4.78 is 44.0. The van der Waals surface area contributed by atoms with Gasteiger partial charge >= 0.3 is 0 Å². The van der Waals surface area contributed by atoms with Crippen molar-refractivity contribution in [3.05, 3.63) is 89.2 Å². The van der Waals surface area contributed by atoms with Crippen molar-refractivity contribution in [3.8, 4) is 5.75 Å². The van der Waals surface area contributed by atoms with Crippen molar-refractivity contribution >= 4 is 39.4 Å². The number of sulfonamides is 1. The van der Waals surface area contributed by atoms with Crippen LogP contribution in [0.15, 0.2) is 71.8 Å². The summed E-state index contributed by atoms with van der Waals surface area (Å²) in [6.07, 6.45) is 2.44. The van der Waals surface area contributed by atoms with Crippen LogP contribution < -0.4 is 19.8 Å². The number of benzene rings is 3. The normalized spacial score (nSPS) is 11.2. The molecule has 194 valence electrons. The van der Waals surface area contributed by atoms with E-state index < -0.39 is 34.2 Å². The number of hydrogen-bond donors (Lipinski definition) is 2. The van der Waals surface area contributed by atoms with Gasteiger partial charge in [0.15, 0.2) is 6.61 Å². The molecule has 0 aliphatic carbocycles. The zero-order valence-corrected chi connectivity index (χ0v) is 21.4. The number of rotatable bonds is 10. The van der Waals surface area contributed by atoms with E-state index in [9.17, 15) is 22.4 Å². The maximum Gasteiger partial charge on any atom is 0.262 e. The molecule has 3 aromatic rings. The molecule has 0 fully saturated rings. The molecule has 2 N–H and O–H groups in total. The van der Waals surface area contributed by atoms with Gasteiger partial charge in [-0.3, -0.25) is 13.9 Å². The maximum atomic E-state index is 12.9. The highest BCUT2D eigenvalue weighted by Gasteiger charge is 2.22. The van der Waals surface area contributed by atoms with E-state index in [1.807, 2.05) is 13.0 Å². The van der Waals surface area contributed by atoms with Crippen LogP contribution in [0.5, 0.6) is 5.75 Å². The van der Waals surface area contributed by atoms with Gasteiger partial charge in [-0.15, -0.1) is 0 Å². The predicted molar refractivity (Wildman–Crippen MR) is 141 cm³/mol. The highest BCUT2D eigenvalue weighted by Crippen LogP contribution is 2.24. The Morgan fingerprint density at radius 1 is 1.00 bits per heavy atom. The minimum atomic E-state index is -3.70. The topological polar surface area (TPSA) is 117 Å². The van der Waals surface area contributed by atoms with Gasteiger partial charge in [0.25, 0.3) is 11.8 Å². The average molecular weight is 527 g/mol. The Labute approximate surface area is 215 Å². The van der Waals surface area contributed by atoms with Crippen LogP contribution >= 0.6 is 0 Å². The number of anilines is 2. The van der Waals surface area contributed by atoms with E-state index in [4.69, 9.17) is 4.74 Å². The number of carbonyl (C=O) groups is 2. The number of nitrogens with zero attached hydrogens (tertiary/aromatic N) is 2. The minimum absolute atomic E-state index is 0.238. The molecule has 3 aromatic carbocycles. The molecule has 11 heteroatoms. The molecule has 37 heavy (non-hydrogen) atoms. The fourth-order valence-corrected chi connectivity index (χ4v) is 4.17. The SMILES string of the molecule is Cc1cccc(N(CC(=O)N/N=C\c2ccc(OCC(=O)Nc3ccc(F)cc3)cc2)S(C)(=O)=O)c1C. The van der Waals surface area contributed by atoms with Crippen LogP contribution in [0, 0.1) is 19.7 Å². The summed E-state index contributed by atoms with van der Waals surface area (Å²) in [6.45, 7) is 3.00. The molecule has 2 amide bonds. The zero-order chi connectivity index (χ0) is 27.0. The molecular weight excluding hydrogens is 499 g/mol. The van der Waals surface area contributed by atoms with E-state index in [2.05, 4.69) is 15.8 Å². The lowest BCUT2D eigenvalue weighted by Crippen LogP contribution is -2.39. The van der Waals surface area contributed by atoms with Gasteiger partial charge in [-0.25, -0.2) is 18.2 Å². The number of ether oxygens (including phenoxy) is 1. The fourth-order valence-electron chi connectivity index (χ4n) is 3.26. The second kappa shape index (κ2) is 12.1. The zero-order valence-electron chi connectivity index (χ0n) is 20.6. The maximum absolute atomic E-state index is 12.9. The summed E-state index contributed by atoms with van der Waals surface area (Å²) in [7, 11) is -3.70. The Bertz CT molecular complexity index is 1390. The van der Waals surface area contributed by atoms with Crippen molar-refractivity contribution in [2.45, 2.75) is 13.8 Å². The van der Waals surface area contributed by atoms with Crippen LogP contribution in [0.4, 0.5) is 15.8 Å². The highest BCUT2D eigenvalue weighted by molar-refractivity contribution is 7.92. The fraction of sp³-hybridized carbons (Fsp3) is 0.192. The first-order valence-corrected chi connectivity index (χ1v) is 13.0. The number of hydrogen-bond acceptors (Lipinski definition) is 6. The van der Waals surface area contributed by atoms with Crippen molar-refractivity contribution in [1.82, 2.24) is 5.43 Å². The lowest BCUT2D eigenvalue weighted by Gasteiger charge is -2.23. The van der Waals surface area contributed by atoms with Crippen LogP contribution in [0.25, 0.3) is 0 Å². The summed E-state index contributed by atoms with van der Waals surface area (Å²) in [5.74, 6) is -0.961. The summed E-state index contributed by atoms with van der Waals surface area (Å²) in [4.78, 5) is 24.4. The molecule has 0 spiro atoms. The van der Waals surface area contributed by atoms with Gasteiger partial charge < -0.3 is 10.1 Å². The van der Waals surface area contributed by atoms with Crippen molar-refractivity contribution in [1.29, 1.82) is 0 Å². The standard InChI is InChI=1S/C26H27FN4O5S/c1-18-5-4-6-24(19(18)2)31(37(3,34)35)16-25(32)30-28-15-20-7-13-23(14-8-20)36-17-26(33)29-22-11-9-21(27)10-12-22/h4-15H,16-17H2,1-3H3,(H,29,33)(H,30,32)/b28-15-. The number of nitrogens with one attached hydrogen (secondary N) is 2. The van der Waals surface area contributed by atoms with E-state index in [1.165, 1.54) is 30.5 Å². The molecule has 0 unspecified atom stereocenters. The third kappa shape index (κ3) is 8.14. The molecule has 0 heterocycles. The van der Waals surface area contributed by atoms with E-state index >= 15 is 0 Å². The quantitative estimate of drug-likeness (QED) is 0.310. The molecule has 9 nitrogen and oxygen atoms in total. The summed E-state index contributed by atoms with van der Waals surface area (Å²) in [5, 5.41) is 6.48. The Kier molecular flexibility index (Phi) is 8.96. The number of amides is 2. The van der Waals surface area contributed by atoms with Gasteiger partial charge in [0, 0.05) is 5.69 Å². The Hall–Kier alpha value is -4.25. The third-order valence-corrected chi connectivity index (χ3v) is 6.44. The van der Waals surface area contributed by atoms with Gasteiger partial charge in [0.2, 0.25) is 10.0 Å². The lowest BCUT2D eigenvalue weighted by atomic mass is 10.1. The van der Waals surface area contributed by atoms with E-state index in [0.29, 0.717) is 22.7 Å². The van der Waals surface area contributed by atoms with Crippen molar-refractivity contribution in [2.75, 3.05) is 29.0 Å². The molecule has 0 radical (unpaired) electrons. The molecule has 0 aromatic heterocycles. The number of halogens is 1.